The average molecular weight is 327 g/mol. The summed E-state index contributed by atoms with van der Waals surface area (Å²) in [6.07, 6.45) is 0. The second-order valence-corrected chi connectivity index (χ2v) is 6.04. The second-order valence-electron chi connectivity index (χ2n) is 4.92. The molecular formula is C17H17N3O2S. The molecule has 2 amide bonds. The third-order valence-corrected chi connectivity index (χ3v) is 4.41. The molecule has 0 saturated heterocycles. The van der Waals surface area contributed by atoms with Crippen LogP contribution in [-0.2, 0) is 13.1 Å². The molecule has 0 unspecified atom stereocenters. The van der Waals surface area contributed by atoms with Crippen molar-refractivity contribution in [2.24, 2.45) is 0 Å². The van der Waals surface area contributed by atoms with Crippen LogP contribution in [0.25, 0.3) is 10.2 Å². The summed E-state index contributed by atoms with van der Waals surface area (Å²) < 4.78 is 6.38. The van der Waals surface area contributed by atoms with Gasteiger partial charge in [0, 0.05) is 12.1 Å². The predicted molar refractivity (Wildman–Crippen MR) is 91.7 cm³/mol. The number of hydrogen-bond acceptors (Lipinski definition) is 4. The highest BCUT2D eigenvalue weighted by molar-refractivity contribution is 7.18. The van der Waals surface area contributed by atoms with Crippen molar-refractivity contribution in [2.45, 2.75) is 13.1 Å². The van der Waals surface area contributed by atoms with E-state index in [1.807, 2.05) is 48.5 Å². The Morgan fingerprint density at radius 2 is 1.83 bits per heavy atom. The summed E-state index contributed by atoms with van der Waals surface area (Å²) in [5, 5.41) is 6.54. The van der Waals surface area contributed by atoms with E-state index in [-0.39, 0.29) is 6.03 Å². The van der Waals surface area contributed by atoms with Crippen molar-refractivity contribution in [3.63, 3.8) is 0 Å². The van der Waals surface area contributed by atoms with Gasteiger partial charge in [0.1, 0.15) is 10.8 Å². The van der Waals surface area contributed by atoms with Crippen molar-refractivity contribution in [3.8, 4) is 5.75 Å². The lowest BCUT2D eigenvalue weighted by Gasteiger charge is -2.09. The molecule has 0 bridgehead atoms. The maximum atomic E-state index is 11.9. The Labute approximate surface area is 138 Å². The number of fused-ring (bicyclic) bond motifs is 1. The number of nitrogens with zero attached hydrogens (tertiary/aromatic N) is 1. The van der Waals surface area contributed by atoms with Crippen LogP contribution in [0.3, 0.4) is 0 Å². The number of amides is 2. The maximum Gasteiger partial charge on any atom is 0.315 e. The van der Waals surface area contributed by atoms with Crippen molar-refractivity contribution in [1.29, 1.82) is 0 Å². The lowest BCUT2D eigenvalue weighted by molar-refractivity contribution is 0.240. The molecule has 3 rings (SSSR count). The molecule has 0 fully saturated rings. The molecule has 3 aromatic rings. The van der Waals surface area contributed by atoms with Crippen LogP contribution in [-0.4, -0.2) is 18.1 Å². The minimum atomic E-state index is -0.227. The first-order valence-electron chi connectivity index (χ1n) is 7.24. The zero-order valence-electron chi connectivity index (χ0n) is 12.7. The smallest absolute Gasteiger partial charge is 0.315 e. The number of hydrogen-bond donors (Lipinski definition) is 2. The number of benzene rings is 2. The molecule has 0 aliphatic heterocycles. The highest BCUT2D eigenvalue weighted by Crippen LogP contribution is 2.21. The largest absolute Gasteiger partial charge is 0.496 e. The van der Waals surface area contributed by atoms with E-state index in [2.05, 4.69) is 15.6 Å². The van der Waals surface area contributed by atoms with Gasteiger partial charge in [0.15, 0.2) is 0 Å². The van der Waals surface area contributed by atoms with Crippen LogP contribution >= 0.6 is 11.3 Å². The maximum absolute atomic E-state index is 11.9. The molecular weight excluding hydrogens is 310 g/mol. The van der Waals surface area contributed by atoms with E-state index >= 15 is 0 Å². The number of rotatable bonds is 5. The highest BCUT2D eigenvalue weighted by Gasteiger charge is 2.07. The molecule has 0 aliphatic rings. The number of aromatic nitrogens is 1. The number of nitrogens with one attached hydrogen (secondary N) is 2. The van der Waals surface area contributed by atoms with Gasteiger partial charge < -0.3 is 15.4 Å². The second kappa shape index (κ2) is 7.11. The van der Waals surface area contributed by atoms with Crippen LogP contribution in [0.4, 0.5) is 4.79 Å². The average Bonchev–Trinajstić information content (AvgIpc) is 3.01. The van der Waals surface area contributed by atoms with Gasteiger partial charge in [0.2, 0.25) is 0 Å². The Kier molecular flexibility index (Phi) is 4.73. The van der Waals surface area contributed by atoms with Gasteiger partial charge in [-0.2, -0.15) is 0 Å². The molecule has 118 valence electrons. The van der Waals surface area contributed by atoms with Gasteiger partial charge in [-0.3, -0.25) is 0 Å². The first-order chi connectivity index (χ1) is 11.3. The van der Waals surface area contributed by atoms with Crippen molar-refractivity contribution >= 4 is 27.6 Å². The minimum Gasteiger partial charge on any atom is -0.496 e. The van der Waals surface area contributed by atoms with Crippen LogP contribution in [0.5, 0.6) is 5.75 Å². The van der Waals surface area contributed by atoms with E-state index in [4.69, 9.17) is 4.74 Å². The molecule has 0 atom stereocenters. The van der Waals surface area contributed by atoms with E-state index in [9.17, 15) is 4.79 Å². The van der Waals surface area contributed by atoms with E-state index < -0.39 is 0 Å². The third kappa shape index (κ3) is 3.78. The van der Waals surface area contributed by atoms with Gasteiger partial charge in [-0.25, -0.2) is 9.78 Å². The van der Waals surface area contributed by atoms with Crippen LogP contribution in [0.15, 0.2) is 48.5 Å². The highest BCUT2D eigenvalue weighted by atomic mass is 32.1. The fraction of sp³-hybridized carbons (Fsp3) is 0.176. The normalized spacial score (nSPS) is 10.5. The number of carbonyl (C=O) groups is 1. The predicted octanol–water partition coefficient (Wildman–Crippen LogP) is 3.30. The van der Waals surface area contributed by atoms with Gasteiger partial charge in [-0.15, -0.1) is 11.3 Å². The molecule has 0 saturated carbocycles. The van der Waals surface area contributed by atoms with E-state index in [0.717, 1.165) is 26.5 Å². The Bertz CT molecular complexity index is 783. The first kappa shape index (κ1) is 15.3. The van der Waals surface area contributed by atoms with Crippen molar-refractivity contribution < 1.29 is 9.53 Å². The summed E-state index contributed by atoms with van der Waals surface area (Å²) in [6.45, 7) is 0.826. The molecule has 0 aliphatic carbocycles. The number of para-hydroxylation sites is 2. The van der Waals surface area contributed by atoms with Crippen molar-refractivity contribution in [1.82, 2.24) is 15.6 Å². The zero-order chi connectivity index (χ0) is 16.1. The first-order valence-corrected chi connectivity index (χ1v) is 8.06. The molecule has 2 N–H and O–H groups in total. The molecule has 6 heteroatoms. The van der Waals surface area contributed by atoms with Crippen molar-refractivity contribution in [2.75, 3.05) is 7.11 Å². The van der Waals surface area contributed by atoms with Crippen LogP contribution in [0.2, 0.25) is 0 Å². The summed E-state index contributed by atoms with van der Waals surface area (Å²) in [5.41, 5.74) is 1.90. The number of urea groups is 1. The Balaban J connectivity index is 1.53. The Morgan fingerprint density at radius 1 is 1.09 bits per heavy atom. The monoisotopic (exact) mass is 327 g/mol. The number of methoxy groups -OCH3 is 1. The van der Waals surface area contributed by atoms with Crippen LogP contribution in [0, 0.1) is 0 Å². The van der Waals surface area contributed by atoms with E-state index in [1.54, 1.807) is 18.4 Å². The van der Waals surface area contributed by atoms with Crippen molar-refractivity contribution in [3.05, 3.63) is 59.1 Å². The summed E-state index contributed by atoms with van der Waals surface area (Å²) >= 11 is 1.59. The Morgan fingerprint density at radius 3 is 2.65 bits per heavy atom. The van der Waals surface area contributed by atoms with Gasteiger partial charge in [0.05, 0.1) is 23.9 Å². The van der Waals surface area contributed by atoms with E-state index in [0.29, 0.717) is 13.1 Å². The summed E-state index contributed by atoms with van der Waals surface area (Å²) in [5.74, 6) is 0.763. The lowest BCUT2D eigenvalue weighted by Crippen LogP contribution is -2.34. The minimum absolute atomic E-state index is 0.227. The summed E-state index contributed by atoms with van der Waals surface area (Å²) in [7, 11) is 1.62. The third-order valence-electron chi connectivity index (χ3n) is 3.37. The fourth-order valence-corrected chi connectivity index (χ4v) is 3.15. The zero-order valence-corrected chi connectivity index (χ0v) is 13.5. The quantitative estimate of drug-likeness (QED) is 0.756. The Hall–Kier alpha value is -2.60. The van der Waals surface area contributed by atoms with Crippen LogP contribution in [0.1, 0.15) is 10.6 Å². The van der Waals surface area contributed by atoms with Crippen LogP contribution < -0.4 is 15.4 Å². The van der Waals surface area contributed by atoms with Gasteiger partial charge in [-0.1, -0.05) is 30.3 Å². The molecule has 1 aromatic heterocycles. The molecule has 1 heterocycles. The van der Waals surface area contributed by atoms with Gasteiger partial charge in [0.25, 0.3) is 0 Å². The fourth-order valence-electron chi connectivity index (χ4n) is 2.24. The molecule has 2 aromatic carbocycles. The van der Waals surface area contributed by atoms with E-state index in [1.165, 1.54) is 0 Å². The molecule has 5 nitrogen and oxygen atoms in total. The molecule has 0 spiro atoms. The number of ether oxygens (including phenoxy) is 1. The standard InChI is InChI=1S/C17H17N3O2S/c1-22-14-8-4-2-6-12(14)10-18-17(21)19-11-16-20-13-7-3-5-9-15(13)23-16/h2-9H,10-11H2,1H3,(H2,18,19,21). The number of carbonyl (C=O) groups excluding carboxylic acids is 1. The number of thiazole rings is 1. The molecule has 0 radical (unpaired) electrons. The lowest BCUT2D eigenvalue weighted by atomic mass is 10.2. The SMILES string of the molecule is COc1ccccc1CNC(=O)NCc1nc2ccccc2s1. The molecule has 23 heavy (non-hydrogen) atoms. The summed E-state index contributed by atoms with van der Waals surface area (Å²) in [6, 6.07) is 15.3. The summed E-state index contributed by atoms with van der Waals surface area (Å²) in [4.78, 5) is 16.4. The van der Waals surface area contributed by atoms with Gasteiger partial charge >= 0.3 is 6.03 Å². The topological polar surface area (TPSA) is 63.2 Å². The van der Waals surface area contributed by atoms with Gasteiger partial charge in [-0.05, 0) is 18.2 Å².